The van der Waals surface area contributed by atoms with Crippen LogP contribution in [0.5, 0.6) is 0 Å². The number of carbonyl (C=O) groups excluding carboxylic acids is 2. The van der Waals surface area contributed by atoms with E-state index in [2.05, 4.69) is 5.32 Å². The van der Waals surface area contributed by atoms with Crippen LogP contribution >= 0.6 is 11.6 Å². The zero-order valence-corrected chi connectivity index (χ0v) is 19.3. The van der Waals surface area contributed by atoms with Gasteiger partial charge in [0.05, 0.1) is 11.5 Å². The maximum atomic E-state index is 13.3. The van der Waals surface area contributed by atoms with Gasteiger partial charge in [-0.2, -0.15) is 4.31 Å². The van der Waals surface area contributed by atoms with Crippen molar-refractivity contribution < 1.29 is 22.7 Å². The second-order valence-electron chi connectivity index (χ2n) is 7.97. The van der Waals surface area contributed by atoms with Gasteiger partial charge in [-0.05, 0) is 49.9 Å². The second-order valence-corrected chi connectivity index (χ2v) is 10.3. The van der Waals surface area contributed by atoms with Crippen LogP contribution in [0.3, 0.4) is 0 Å². The highest BCUT2D eigenvalue weighted by Gasteiger charge is 2.43. The Morgan fingerprint density at radius 3 is 2.29 bits per heavy atom. The molecule has 0 radical (unpaired) electrons. The van der Waals surface area contributed by atoms with Gasteiger partial charge in [-0.15, -0.1) is 0 Å². The zero-order chi connectivity index (χ0) is 22.4. The number of sulfonamides is 1. The lowest BCUT2D eigenvalue weighted by Gasteiger charge is -2.38. The summed E-state index contributed by atoms with van der Waals surface area (Å²) in [5.41, 5.74) is 0. The van der Waals surface area contributed by atoms with Crippen molar-refractivity contribution in [1.29, 1.82) is 0 Å². The Labute approximate surface area is 188 Å². The molecular weight excluding hydrogens is 442 g/mol. The molecule has 1 aliphatic carbocycles. The Hall–Kier alpha value is -1.68. The molecule has 31 heavy (non-hydrogen) atoms. The number of piperidine rings is 1. The smallest absolute Gasteiger partial charge is 0.243 e. The first-order valence-corrected chi connectivity index (χ1v) is 12.5. The molecule has 3 rings (SSSR count). The Morgan fingerprint density at radius 2 is 1.71 bits per heavy atom. The highest BCUT2D eigenvalue weighted by Crippen LogP contribution is 2.37. The van der Waals surface area contributed by atoms with Crippen LogP contribution in [-0.2, 0) is 24.3 Å². The fourth-order valence-electron chi connectivity index (χ4n) is 3.88. The molecule has 0 atom stereocenters. The number of nitrogens with zero attached hydrogens (tertiary/aromatic N) is 2. The summed E-state index contributed by atoms with van der Waals surface area (Å²) in [6.45, 7) is 1.85. The van der Waals surface area contributed by atoms with Crippen molar-refractivity contribution in [3.8, 4) is 0 Å². The van der Waals surface area contributed by atoms with Crippen molar-refractivity contribution >= 4 is 33.4 Å². The van der Waals surface area contributed by atoms with Crippen LogP contribution in [0.25, 0.3) is 0 Å². The lowest BCUT2D eigenvalue weighted by atomic mass is 10.0. The number of hydrogen-bond donors (Lipinski definition) is 1. The number of likely N-dealkylation sites (tertiary alicyclic amines) is 1. The van der Waals surface area contributed by atoms with E-state index in [1.165, 1.54) is 0 Å². The second kappa shape index (κ2) is 10.8. The molecule has 0 bridgehead atoms. The highest BCUT2D eigenvalue weighted by atomic mass is 35.5. The fourth-order valence-corrected chi connectivity index (χ4v) is 5.93. The summed E-state index contributed by atoms with van der Waals surface area (Å²) in [4.78, 5) is 26.2. The van der Waals surface area contributed by atoms with E-state index in [0.29, 0.717) is 44.1 Å². The predicted molar refractivity (Wildman–Crippen MR) is 117 cm³/mol. The predicted octanol–water partition coefficient (Wildman–Crippen LogP) is 2.03. The molecule has 0 unspecified atom stereocenters. The number of ether oxygens (including phenoxy) is 1. The first-order valence-electron chi connectivity index (χ1n) is 10.7. The van der Waals surface area contributed by atoms with E-state index in [1.807, 2.05) is 0 Å². The summed E-state index contributed by atoms with van der Waals surface area (Å²) in [5.74, 6) is -0.242. The monoisotopic (exact) mass is 471 g/mol. The highest BCUT2D eigenvalue weighted by molar-refractivity contribution is 7.89. The van der Waals surface area contributed by atoms with Gasteiger partial charge >= 0.3 is 0 Å². The summed E-state index contributed by atoms with van der Waals surface area (Å²) < 4.78 is 33.1. The van der Waals surface area contributed by atoms with E-state index < -0.39 is 10.0 Å². The molecule has 8 nitrogen and oxygen atoms in total. The SMILES string of the molecule is COCCNC(=O)CCC(=O)N1CCC(N(C2CC2)S(=O)(=O)c2ccc(Cl)cc2)CC1. The van der Waals surface area contributed by atoms with Crippen LogP contribution in [0, 0.1) is 0 Å². The molecule has 10 heteroatoms. The van der Waals surface area contributed by atoms with Crippen molar-refractivity contribution in [2.45, 2.75) is 55.5 Å². The summed E-state index contributed by atoms with van der Waals surface area (Å²) in [6, 6.07) is 6.17. The molecule has 1 aromatic carbocycles. The largest absolute Gasteiger partial charge is 0.383 e. The van der Waals surface area contributed by atoms with Gasteiger partial charge in [-0.25, -0.2) is 8.42 Å². The third kappa shape index (κ3) is 6.41. The van der Waals surface area contributed by atoms with Crippen molar-refractivity contribution in [2.75, 3.05) is 33.4 Å². The van der Waals surface area contributed by atoms with E-state index in [9.17, 15) is 18.0 Å². The number of methoxy groups -OCH3 is 1. The zero-order valence-electron chi connectivity index (χ0n) is 17.8. The normalized spacial score (nSPS) is 17.7. The quantitative estimate of drug-likeness (QED) is 0.527. The van der Waals surface area contributed by atoms with Gasteiger partial charge in [0, 0.05) is 56.7 Å². The summed E-state index contributed by atoms with van der Waals surface area (Å²) in [5, 5.41) is 3.20. The first kappa shape index (κ1) is 24.0. The minimum absolute atomic E-state index is 0.0312. The van der Waals surface area contributed by atoms with E-state index in [0.717, 1.165) is 12.8 Å². The third-order valence-corrected chi connectivity index (χ3v) is 7.94. The number of carbonyl (C=O) groups is 2. The maximum absolute atomic E-state index is 13.3. The average Bonchev–Trinajstić information content (AvgIpc) is 3.58. The van der Waals surface area contributed by atoms with Crippen molar-refractivity contribution in [1.82, 2.24) is 14.5 Å². The van der Waals surface area contributed by atoms with Crippen molar-refractivity contribution in [2.24, 2.45) is 0 Å². The molecule has 2 fully saturated rings. The number of nitrogens with one attached hydrogen (secondary N) is 1. The van der Waals surface area contributed by atoms with Crippen LogP contribution in [0.2, 0.25) is 5.02 Å². The molecule has 1 aliphatic heterocycles. The maximum Gasteiger partial charge on any atom is 0.243 e. The molecule has 0 spiro atoms. The summed E-state index contributed by atoms with van der Waals surface area (Å²) in [7, 11) is -2.06. The van der Waals surface area contributed by atoms with Crippen molar-refractivity contribution in [3.05, 3.63) is 29.3 Å². The minimum Gasteiger partial charge on any atom is -0.383 e. The van der Waals surface area contributed by atoms with Gasteiger partial charge in [-0.3, -0.25) is 9.59 Å². The van der Waals surface area contributed by atoms with Gasteiger partial charge < -0.3 is 15.0 Å². The van der Waals surface area contributed by atoms with Crippen LogP contribution in [-0.4, -0.2) is 74.9 Å². The molecule has 1 saturated heterocycles. The summed E-state index contributed by atoms with van der Waals surface area (Å²) in [6.07, 6.45) is 3.21. The number of amides is 2. The number of benzene rings is 1. The van der Waals surface area contributed by atoms with E-state index in [1.54, 1.807) is 40.6 Å². The molecule has 0 aromatic heterocycles. The Balaban J connectivity index is 1.54. The third-order valence-electron chi connectivity index (χ3n) is 5.67. The van der Waals surface area contributed by atoms with Crippen LogP contribution in [0.4, 0.5) is 0 Å². The van der Waals surface area contributed by atoms with Gasteiger partial charge in [0.25, 0.3) is 0 Å². The molecule has 1 heterocycles. The Morgan fingerprint density at radius 1 is 1.10 bits per heavy atom. The number of rotatable bonds is 10. The Bertz CT molecular complexity index is 866. The minimum atomic E-state index is -3.62. The fraction of sp³-hybridized carbons (Fsp3) is 0.619. The average molecular weight is 472 g/mol. The van der Waals surface area contributed by atoms with Crippen LogP contribution in [0.15, 0.2) is 29.2 Å². The lowest BCUT2D eigenvalue weighted by Crippen LogP contribution is -2.49. The number of halogens is 1. The molecule has 172 valence electrons. The lowest BCUT2D eigenvalue weighted by molar-refractivity contribution is -0.134. The molecule has 2 amide bonds. The molecule has 1 aromatic rings. The van der Waals surface area contributed by atoms with Crippen LogP contribution in [0.1, 0.15) is 38.5 Å². The summed E-state index contributed by atoms with van der Waals surface area (Å²) >= 11 is 5.91. The van der Waals surface area contributed by atoms with Gasteiger partial charge in [0.1, 0.15) is 0 Å². The van der Waals surface area contributed by atoms with E-state index >= 15 is 0 Å². The number of hydrogen-bond acceptors (Lipinski definition) is 5. The molecular formula is C21H30ClN3O5S. The van der Waals surface area contributed by atoms with Gasteiger partial charge in [-0.1, -0.05) is 11.6 Å². The van der Waals surface area contributed by atoms with E-state index in [4.69, 9.17) is 16.3 Å². The molecule has 1 saturated carbocycles. The standard InChI is InChI=1S/C21H30ClN3O5S/c1-30-15-12-23-20(26)8-9-21(27)24-13-10-18(11-14-24)25(17-4-5-17)31(28,29)19-6-2-16(22)3-7-19/h2-3,6-7,17-18H,4-5,8-15H2,1H3,(H,23,26). The van der Waals surface area contributed by atoms with Gasteiger partial charge in [0.15, 0.2) is 0 Å². The topological polar surface area (TPSA) is 96.0 Å². The van der Waals surface area contributed by atoms with Crippen molar-refractivity contribution in [3.63, 3.8) is 0 Å². The van der Waals surface area contributed by atoms with E-state index in [-0.39, 0.29) is 41.6 Å². The van der Waals surface area contributed by atoms with Gasteiger partial charge in [0.2, 0.25) is 21.8 Å². The first-order chi connectivity index (χ1) is 14.8. The molecule has 1 N–H and O–H groups in total. The molecule has 2 aliphatic rings. The Kier molecular flexibility index (Phi) is 8.32. The van der Waals surface area contributed by atoms with Crippen LogP contribution < -0.4 is 5.32 Å².